The smallest absolute Gasteiger partial charge is 0.251 e. The Hall–Kier alpha value is -2.95. The molecule has 0 aliphatic rings. The van der Waals surface area contributed by atoms with E-state index in [1.807, 2.05) is 19.1 Å². The van der Waals surface area contributed by atoms with Crippen LogP contribution in [0.25, 0.3) is 6.08 Å². The lowest BCUT2D eigenvalue weighted by atomic mass is 10.1. The summed E-state index contributed by atoms with van der Waals surface area (Å²) in [6.45, 7) is 1.86. The van der Waals surface area contributed by atoms with Crippen LogP contribution in [0.15, 0.2) is 48.5 Å². The van der Waals surface area contributed by atoms with Gasteiger partial charge in [0.1, 0.15) is 5.82 Å². The normalized spacial score (nSPS) is 10.5. The predicted octanol–water partition coefficient (Wildman–Crippen LogP) is 2.40. The van der Waals surface area contributed by atoms with Crippen LogP contribution in [-0.2, 0) is 4.79 Å². The molecule has 0 unspecified atom stereocenters. The fourth-order valence-corrected chi connectivity index (χ4v) is 1.84. The summed E-state index contributed by atoms with van der Waals surface area (Å²) in [4.78, 5) is 27.4. The number of pyridine rings is 1. The molecule has 0 fully saturated rings. The summed E-state index contributed by atoms with van der Waals surface area (Å²) in [5.74, 6) is 0.122. The molecule has 0 bridgehead atoms. The van der Waals surface area contributed by atoms with Crippen molar-refractivity contribution in [3.05, 3.63) is 65.4 Å². The highest BCUT2D eigenvalue weighted by molar-refractivity contribution is 6.01. The minimum absolute atomic E-state index is 0.140. The van der Waals surface area contributed by atoms with Crippen LogP contribution in [-0.4, -0.2) is 23.8 Å². The van der Waals surface area contributed by atoms with Crippen molar-refractivity contribution in [1.82, 2.24) is 10.3 Å². The summed E-state index contributed by atoms with van der Waals surface area (Å²) in [5, 5.41) is 5.25. The minimum Gasteiger partial charge on any atom is -0.355 e. The third-order valence-corrected chi connectivity index (χ3v) is 2.97. The van der Waals surface area contributed by atoms with Crippen LogP contribution in [0.1, 0.15) is 21.6 Å². The summed E-state index contributed by atoms with van der Waals surface area (Å²) in [7, 11) is 1.58. The molecule has 5 heteroatoms. The minimum atomic E-state index is -0.256. The second-order valence-electron chi connectivity index (χ2n) is 4.69. The van der Waals surface area contributed by atoms with Gasteiger partial charge in [0.25, 0.3) is 5.91 Å². The standard InChI is InChI=1S/C17H17N3O2/c1-12-4-3-5-15(19-12)20-16(21)11-8-13-6-9-14(10-7-13)17(22)18-2/h3-11H,1-2H3,(H,18,22)(H,19,20,21)/b11-8-. The molecule has 1 aromatic heterocycles. The molecule has 0 spiro atoms. The van der Waals surface area contributed by atoms with Crippen LogP contribution in [0.2, 0.25) is 0 Å². The van der Waals surface area contributed by atoms with E-state index in [1.54, 1.807) is 43.5 Å². The first kappa shape index (κ1) is 15.4. The second kappa shape index (κ2) is 7.17. The molecule has 2 amide bonds. The fourth-order valence-electron chi connectivity index (χ4n) is 1.84. The quantitative estimate of drug-likeness (QED) is 0.851. The van der Waals surface area contributed by atoms with E-state index in [2.05, 4.69) is 15.6 Å². The van der Waals surface area contributed by atoms with Crippen LogP contribution in [0.4, 0.5) is 5.82 Å². The van der Waals surface area contributed by atoms with Crippen molar-refractivity contribution < 1.29 is 9.59 Å². The van der Waals surface area contributed by atoms with Gasteiger partial charge >= 0.3 is 0 Å². The van der Waals surface area contributed by atoms with Crippen molar-refractivity contribution in [3.8, 4) is 0 Å². The monoisotopic (exact) mass is 295 g/mol. The van der Waals surface area contributed by atoms with Crippen LogP contribution in [0.3, 0.4) is 0 Å². The van der Waals surface area contributed by atoms with Gasteiger partial charge in [-0.3, -0.25) is 9.59 Å². The highest BCUT2D eigenvalue weighted by atomic mass is 16.2. The first-order valence-corrected chi connectivity index (χ1v) is 6.83. The van der Waals surface area contributed by atoms with Gasteiger partial charge in [-0.05, 0) is 42.8 Å². The topological polar surface area (TPSA) is 71.1 Å². The SMILES string of the molecule is CNC(=O)c1ccc(/C=C\C(=O)Nc2cccc(C)n2)cc1. The molecule has 2 aromatic rings. The third-order valence-electron chi connectivity index (χ3n) is 2.97. The maximum absolute atomic E-state index is 11.8. The van der Waals surface area contributed by atoms with Crippen molar-refractivity contribution in [3.63, 3.8) is 0 Å². The van der Waals surface area contributed by atoms with E-state index in [0.717, 1.165) is 11.3 Å². The number of hydrogen-bond donors (Lipinski definition) is 2. The molecule has 0 atom stereocenters. The summed E-state index contributed by atoms with van der Waals surface area (Å²) in [6, 6.07) is 12.4. The summed E-state index contributed by atoms with van der Waals surface area (Å²) >= 11 is 0. The zero-order valence-electron chi connectivity index (χ0n) is 12.5. The summed E-state index contributed by atoms with van der Waals surface area (Å²) in [5.41, 5.74) is 2.25. The number of nitrogens with zero attached hydrogens (tertiary/aromatic N) is 1. The zero-order valence-corrected chi connectivity index (χ0v) is 12.5. The zero-order chi connectivity index (χ0) is 15.9. The molecule has 0 saturated heterocycles. The van der Waals surface area contributed by atoms with Gasteiger partial charge in [-0.15, -0.1) is 0 Å². The predicted molar refractivity (Wildman–Crippen MR) is 86.5 cm³/mol. The van der Waals surface area contributed by atoms with E-state index in [4.69, 9.17) is 0 Å². The highest BCUT2D eigenvalue weighted by Gasteiger charge is 2.02. The Bertz CT molecular complexity index is 706. The Kier molecular flexibility index (Phi) is 5.03. The fraction of sp³-hybridized carbons (Fsp3) is 0.118. The summed E-state index contributed by atoms with van der Waals surface area (Å²) < 4.78 is 0. The molecule has 112 valence electrons. The van der Waals surface area contributed by atoms with Gasteiger partial charge in [-0.25, -0.2) is 4.98 Å². The lowest BCUT2D eigenvalue weighted by Crippen LogP contribution is -2.17. The van der Waals surface area contributed by atoms with Crippen molar-refractivity contribution in [1.29, 1.82) is 0 Å². The van der Waals surface area contributed by atoms with Gasteiger partial charge in [0, 0.05) is 24.4 Å². The Balaban J connectivity index is 1.99. The summed E-state index contributed by atoms with van der Waals surface area (Å²) in [6.07, 6.45) is 3.11. The lowest BCUT2D eigenvalue weighted by molar-refractivity contribution is -0.111. The molecule has 0 aliphatic heterocycles. The Labute approximate surface area is 129 Å². The number of aromatic nitrogens is 1. The van der Waals surface area contributed by atoms with Crippen LogP contribution >= 0.6 is 0 Å². The van der Waals surface area contributed by atoms with E-state index in [9.17, 15) is 9.59 Å². The van der Waals surface area contributed by atoms with Gasteiger partial charge in [-0.1, -0.05) is 18.2 Å². The number of benzene rings is 1. The van der Waals surface area contributed by atoms with E-state index in [1.165, 1.54) is 6.08 Å². The number of carbonyl (C=O) groups is 2. The van der Waals surface area contributed by atoms with Gasteiger partial charge in [-0.2, -0.15) is 0 Å². The van der Waals surface area contributed by atoms with Crippen LogP contribution in [0, 0.1) is 6.92 Å². The lowest BCUT2D eigenvalue weighted by Gasteiger charge is -2.02. The molecule has 1 heterocycles. The molecule has 1 aromatic carbocycles. The Morgan fingerprint density at radius 1 is 1.09 bits per heavy atom. The number of aryl methyl sites for hydroxylation is 1. The number of carbonyl (C=O) groups excluding carboxylic acids is 2. The average Bonchev–Trinajstić information content (AvgIpc) is 2.52. The molecule has 0 aliphatic carbocycles. The van der Waals surface area contributed by atoms with Crippen molar-refractivity contribution >= 4 is 23.7 Å². The third kappa shape index (κ3) is 4.28. The maximum atomic E-state index is 11.8. The number of rotatable bonds is 4. The van der Waals surface area contributed by atoms with E-state index in [-0.39, 0.29) is 11.8 Å². The molecule has 0 saturated carbocycles. The van der Waals surface area contributed by atoms with Crippen molar-refractivity contribution in [2.24, 2.45) is 0 Å². The second-order valence-corrected chi connectivity index (χ2v) is 4.69. The van der Waals surface area contributed by atoms with Gasteiger partial charge in [0.15, 0.2) is 0 Å². The molecule has 2 N–H and O–H groups in total. The Morgan fingerprint density at radius 3 is 2.45 bits per heavy atom. The largest absolute Gasteiger partial charge is 0.355 e. The highest BCUT2D eigenvalue weighted by Crippen LogP contribution is 2.07. The maximum Gasteiger partial charge on any atom is 0.251 e. The number of amides is 2. The van der Waals surface area contributed by atoms with Crippen LogP contribution in [0.5, 0.6) is 0 Å². The average molecular weight is 295 g/mol. The molecular formula is C17H17N3O2. The van der Waals surface area contributed by atoms with E-state index >= 15 is 0 Å². The van der Waals surface area contributed by atoms with Crippen LogP contribution < -0.4 is 10.6 Å². The molecule has 5 nitrogen and oxygen atoms in total. The van der Waals surface area contributed by atoms with Gasteiger partial charge in [0.2, 0.25) is 5.91 Å². The molecule has 22 heavy (non-hydrogen) atoms. The van der Waals surface area contributed by atoms with Gasteiger partial charge in [0.05, 0.1) is 0 Å². The number of anilines is 1. The van der Waals surface area contributed by atoms with E-state index < -0.39 is 0 Å². The molecule has 0 radical (unpaired) electrons. The first-order valence-electron chi connectivity index (χ1n) is 6.83. The van der Waals surface area contributed by atoms with Gasteiger partial charge < -0.3 is 10.6 Å². The van der Waals surface area contributed by atoms with E-state index in [0.29, 0.717) is 11.4 Å². The molecule has 2 rings (SSSR count). The van der Waals surface area contributed by atoms with Crippen molar-refractivity contribution in [2.45, 2.75) is 6.92 Å². The molecular weight excluding hydrogens is 278 g/mol. The first-order chi connectivity index (χ1) is 10.6. The Morgan fingerprint density at radius 2 is 1.82 bits per heavy atom. The number of nitrogens with one attached hydrogen (secondary N) is 2. The van der Waals surface area contributed by atoms with Crippen molar-refractivity contribution in [2.75, 3.05) is 12.4 Å². The number of hydrogen-bond acceptors (Lipinski definition) is 3.